The molecular weight excluding hydrogens is 300 g/mol. The normalized spacial score (nSPS) is 14.9. The third-order valence-corrected chi connectivity index (χ3v) is 4.52. The summed E-state index contributed by atoms with van der Waals surface area (Å²) in [6.45, 7) is 1.85. The number of hydrogen-bond acceptors (Lipinski definition) is 2. The van der Waals surface area contributed by atoms with Crippen LogP contribution in [-0.4, -0.2) is 23.3 Å². The number of primary amides is 1. The van der Waals surface area contributed by atoms with E-state index in [4.69, 9.17) is 5.73 Å². The molecule has 0 spiro atoms. The Morgan fingerprint density at radius 3 is 2.46 bits per heavy atom. The van der Waals surface area contributed by atoms with Gasteiger partial charge in [-0.3, -0.25) is 9.59 Å². The van der Waals surface area contributed by atoms with Crippen molar-refractivity contribution in [2.45, 2.75) is 31.7 Å². The van der Waals surface area contributed by atoms with Crippen molar-refractivity contribution in [1.29, 1.82) is 0 Å². The first kappa shape index (κ1) is 16.2. The van der Waals surface area contributed by atoms with E-state index in [-0.39, 0.29) is 18.5 Å². The molecular formula is C20H22N2O2. The molecule has 1 unspecified atom stereocenters. The fourth-order valence-electron chi connectivity index (χ4n) is 2.97. The van der Waals surface area contributed by atoms with E-state index in [2.05, 4.69) is 12.1 Å². The molecule has 4 heteroatoms. The van der Waals surface area contributed by atoms with Crippen molar-refractivity contribution in [2.75, 3.05) is 6.54 Å². The second-order valence-corrected chi connectivity index (χ2v) is 6.39. The Kier molecular flexibility index (Phi) is 4.65. The third-order valence-electron chi connectivity index (χ3n) is 4.52. The van der Waals surface area contributed by atoms with Crippen LogP contribution in [0, 0.1) is 0 Å². The zero-order valence-electron chi connectivity index (χ0n) is 13.8. The van der Waals surface area contributed by atoms with Gasteiger partial charge in [0.1, 0.15) is 6.54 Å². The standard InChI is InChI=1S/C20H22N2O2/c1-14(17-8-5-9-18(12-17)15-10-11-15)22(13-19(21)23)20(24)16-6-3-2-4-7-16/h2-9,12,14-15H,10-11,13H2,1H3,(H2,21,23). The molecule has 1 fully saturated rings. The van der Waals surface area contributed by atoms with Crippen LogP contribution in [0.25, 0.3) is 0 Å². The summed E-state index contributed by atoms with van der Waals surface area (Å²) < 4.78 is 0. The molecule has 0 heterocycles. The minimum atomic E-state index is -0.510. The average Bonchev–Trinajstić information content (AvgIpc) is 3.44. The van der Waals surface area contributed by atoms with E-state index in [0.717, 1.165) is 5.56 Å². The molecule has 124 valence electrons. The fraction of sp³-hybridized carbons (Fsp3) is 0.300. The molecule has 0 radical (unpaired) electrons. The van der Waals surface area contributed by atoms with Crippen LogP contribution in [0.3, 0.4) is 0 Å². The molecule has 4 nitrogen and oxygen atoms in total. The number of hydrogen-bond donors (Lipinski definition) is 1. The lowest BCUT2D eigenvalue weighted by atomic mass is 10.0. The maximum absolute atomic E-state index is 12.8. The molecule has 0 aromatic heterocycles. The van der Waals surface area contributed by atoms with Crippen LogP contribution >= 0.6 is 0 Å². The molecule has 2 aromatic carbocycles. The van der Waals surface area contributed by atoms with Crippen molar-refractivity contribution < 1.29 is 9.59 Å². The summed E-state index contributed by atoms with van der Waals surface area (Å²) in [5, 5.41) is 0. The van der Waals surface area contributed by atoms with E-state index in [0.29, 0.717) is 11.5 Å². The van der Waals surface area contributed by atoms with Crippen molar-refractivity contribution in [3.05, 3.63) is 71.3 Å². The van der Waals surface area contributed by atoms with E-state index in [9.17, 15) is 9.59 Å². The van der Waals surface area contributed by atoms with Crippen LogP contribution < -0.4 is 5.73 Å². The zero-order chi connectivity index (χ0) is 17.1. The molecule has 1 aliphatic rings. The summed E-state index contributed by atoms with van der Waals surface area (Å²) in [5.74, 6) is -0.0465. The maximum Gasteiger partial charge on any atom is 0.254 e. The Hall–Kier alpha value is -2.62. The van der Waals surface area contributed by atoms with E-state index >= 15 is 0 Å². The van der Waals surface area contributed by atoms with Crippen LogP contribution in [-0.2, 0) is 4.79 Å². The number of nitrogens with two attached hydrogens (primary N) is 1. The van der Waals surface area contributed by atoms with Crippen LogP contribution in [0.2, 0.25) is 0 Å². The van der Waals surface area contributed by atoms with Gasteiger partial charge in [0, 0.05) is 5.56 Å². The fourth-order valence-corrected chi connectivity index (χ4v) is 2.97. The Bertz CT molecular complexity index is 738. The first-order chi connectivity index (χ1) is 11.6. The molecule has 2 amide bonds. The van der Waals surface area contributed by atoms with Gasteiger partial charge in [-0.05, 0) is 48.9 Å². The Morgan fingerprint density at radius 2 is 1.83 bits per heavy atom. The molecule has 24 heavy (non-hydrogen) atoms. The minimum absolute atomic E-state index is 0.0947. The molecule has 3 rings (SSSR count). The van der Waals surface area contributed by atoms with Gasteiger partial charge in [-0.15, -0.1) is 0 Å². The first-order valence-electron chi connectivity index (χ1n) is 8.30. The molecule has 0 aliphatic heterocycles. The van der Waals surface area contributed by atoms with Crippen molar-refractivity contribution >= 4 is 11.8 Å². The number of carbonyl (C=O) groups excluding carboxylic acids is 2. The highest BCUT2D eigenvalue weighted by molar-refractivity contribution is 5.96. The SMILES string of the molecule is CC(c1cccc(C2CC2)c1)N(CC(N)=O)C(=O)c1ccccc1. The number of benzene rings is 2. The molecule has 2 N–H and O–H groups in total. The molecule has 1 saturated carbocycles. The molecule has 0 bridgehead atoms. The minimum Gasteiger partial charge on any atom is -0.368 e. The maximum atomic E-state index is 12.8. The molecule has 0 saturated heterocycles. The Balaban J connectivity index is 1.88. The highest BCUT2D eigenvalue weighted by atomic mass is 16.2. The number of rotatable bonds is 6. The predicted octanol–water partition coefficient (Wildman–Crippen LogP) is 3.25. The van der Waals surface area contributed by atoms with Gasteiger partial charge < -0.3 is 10.6 Å². The lowest BCUT2D eigenvalue weighted by Crippen LogP contribution is -2.40. The molecule has 1 atom stereocenters. The van der Waals surface area contributed by atoms with Crippen molar-refractivity contribution in [3.63, 3.8) is 0 Å². The summed E-state index contributed by atoms with van der Waals surface area (Å²) in [7, 11) is 0. The second kappa shape index (κ2) is 6.87. The van der Waals surface area contributed by atoms with Crippen molar-refractivity contribution in [3.8, 4) is 0 Å². The monoisotopic (exact) mass is 322 g/mol. The second-order valence-electron chi connectivity index (χ2n) is 6.39. The smallest absolute Gasteiger partial charge is 0.254 e. The average molecular weight is 322 g/mol. The van der Waals surface area contributed by atoms with Gasteiger partial charge in [0.05, 0.1) is 6.04 Å². The third kappa shape index (κ3) is 3.65. The molecule has 2 aromatic rings. The number of nitrogens with zero attached hydrogens (tertiary/aromatic N) is 1. The first-order valence-corrected chi connectivity index (χ1v) is 8.30. The Morgan fingerprint density at radius 1 is 1.12 bits per heavy atom. The molecule has 1 aliphatic carbocycles. The Labute approximate surface area is 142 Å². The summed E-state index contributed by atoms with van der Waals surface area (Å²) in [6.07, 6.45) is 2.46. The van der Waals surface area contributed by atoms with Crippen LogP contribution in [0.4, 0.5) is 0 Å². The number of carbonyl (C=O) groups is 2. The van der Waals surface area contributed by atoms with E-state index in [1.165, 1.54) is 18.4 Å². The van der Waals surface area contributed by atoms with Gasteiger partial charge in [0.25, 0.3) is 5.91 Å². The van der Waals surface area contributed by atoms with Gasteiger partial charge in [0.2, 0.25) is 5.91 Å². The quantitative estimate of drug-likeness (QED) is 0.887. The van der Waals surface area contributed by atoms with E-state index in [1.54, 1.807) is 17.0 Å². The van der Waals surface area contributed by atoms with Crippen LogP contribution in [0.15, 0.2) is 54.6 Å². The summed E-state index contributed by atoms with van der Waals surface area (Å²) >= 11 is 0. The summed E-state index contributed by atoms with van der Waals surface area (Å²) in [5.41, 5.74) is 8.28. The summed E-state index contributed by atoms with van der Waals surface area (Å²) in [4.78, 5) is 25.9. The van der Waals surface area contributed by atoms with Gasteiger partial charge >= 0.3 is 0 Å². The lowest BCUT2D eigenvalue weighted by molar-refractivity contribution is -0.119. The lowest BCUT2D eigenvalue weighted by Gasteiger charge is -2.29. The highest BCUT2D eigenvalue weighted by Crippen LogP contribution is 2.40. The van der Waals surface area contributed by atoms with E-state index < -0.39 is 5.91 Å². The predicted molar refractivity (Wildman–Crippen MR) is 93.5 cm³/mol. The zero-order valence-corrected chi connectivity index (χ0v) is 13.8. The van der Waals surface area contributed by atoms with Crippen molar-refractivity contribution in [1.82, 2.24) is 4.90 Å². The van der Waals surface area contributed by atoms with E-state index in [1.807, 2.05) is 37.3 Å². The summed E-state index contributed by atoms with van der Waals surface area (Å²) in [6, 6.07) is 17.1. The van der Waals surface area contributed by atoms with Gasteiger partial charge in [-0.2, -0.15) is 0 Å². The van der Waals surface area contributed by atoms with Crippen LogP contribution in [0.5, 0.6) is 0 Å². The highest BCUT2D eigenvalue weighted by Gasteiger charge is 2.27. The van der Waals surface area contributed by atoms with Gasteiger partial charge in [0.15, 0.2) is 0 Å². The number of amides is 2. The van der Waals surface area contributed by atoms with Crippen LogP contribution in [0.1, 0.15) is 53.2 Å². The van der Waals surface area contributed by atoms with Gasteiger partial charge in [-0.1, -0.05) is 42.5 Å². The topological polar surface area (TPSA) is 63.4 Å². The van der Waals surface area contributed by atoms with Crippen molar-refractivity contribution in [2.24, 2.45) is 5.73 Å². The van der Waals surface area contributed by atoms with Gasteiger partial charge in [-0.25, -0.2) is 0 Å². The largest absolute Gasteiger partial charge is 0.368 e.